The van der Waals surface area contributed by atoms with Gasteiger partial charge in [-0.15, -0.1) is 0 Å². The lowest BCUT2D eigenvalue weighted by Crippen LogP contribution is -2.63. The molecule has 21 heavy (non-hydrogen) atoms. The minimum Gasteiger partial charge on any atom is -0.459 e. The number of aliphatic hydroxyl groups is 2. The Morgan fingerprint density at radius 1 is 1.14 bits per heavy atom. The monoisotopic (exact) mass is 296 g/mol. The first-order valence-corrected chi connectivity index (χ1v) is 8.34. The second kappa shape index (κ2) is 4.95. The average molecular weight is 296 g/mol. The van der Waals surface area contributed by atoms with Crippen molar-refractivity contribution in [2.45, 2.75) is 64.4 Å². The second-order valence-corrected chi connectivity index (χ2v) is 8.24. The number of carbonyl (C=O) groups is 1. The molecule has 120 valence electrons. The van der Waals surface area contributed by atoms with Crippen molar-refractivity contribution in [1.82, 2.24) is 0 Å². The third-order valence-electron chi connectivity index (χ3n) is 6.25. The lowest BCUT2D eigenvalue weighted by molar-refractivity contribution is -0.236. The maximum absolute atomic E-state index is 12.3. The lowest BCUT2D eigenvalue weighted by Gasteiger charge is -2.65. The zero-order valence-electron chi connectivity index (χ0n) is 13.2. The van der Waals surface area contributed by atoms with Gasteiger partial charge in [-0.05, 0) is 61.7 Å². The fourth-order valence-corrected chi connectivity index (χ4v) is 5.70. The van der Waals surface area contributed by atoms with Crippen LogP contribution in [-0.4, -0.2) is 35.0 Å². The summed E-state index contributed by atoms with van der Waals surface area (Å²) in [4.78, 5) is 12.3. The van der Waals surface area contributed by atoms with Crippen LogP contribution in [0, 0.1) is 22.7 Å². The van der Waals surface area contributed by atoms with Gasteiger partial charge >= 0.3 is 5.97 Å². The van der Waals surface area contributed by atoms with Crippen LogP contribution in [0.4, 0.5) is 0 Å². The Bertz CT molecular complexity index is 413. The van der Waals surface area contributed by atoms with Gasteiger partial charge in [-0.25, -0.2) is 0 Å². The topological polar surface area (TPSA) is 66.8 Å². The number of esters is 1. The molecule has 0 aromatic heterocycles. The minimum absolute atomic E-state index is 0.0758. The fourth-order valence-electron chi connectivity index (χ4n) is 5.70. The number of ether oxygens (including phenoxy) is 1. The molecule has 0 aromatic rings. The van der Waals surface area contributed by atoms with E-state index in [1.165, 1.54) is 0 Å². The van der Waals surface area contributed by atoms with Crippen LogP contribution in [0.1, 0.15) is 58.8 Å². The summed E-state index contributed by atoms with van der Waals surface area (Å²) in [6.07, 6.45) is 6.18. The van der Waals surface area contributed by atoms with Crippen molar-refractivity contribution < 1.29 is 19.7 Å². The summed E-state index contributed by atoms with van der Waals surface area (Å²) in [7, 11) is 0. The van der Waals surface area contributed by atoms with Gasteiger partial charge in [0.05, 0.1) is 5.92 Å². The van der Waals surface area contributed by atoms with Gasteiger partial charge in [0.25, 0.3) is 0 Å². The van der Waals surface area contributed by atoms with Crippen molar-refractivity contribution >= 4 is 5.97 Å². The standard InChI is InChI=1S/C17H28O4/c1-3-12(2)14(20)21-17-6-13-4-15(8-17,10-18)7-16(5-13,9-17)11-19/h12-13,18-19H,3-11H2,1-2H3. The van der Waals surface area contributed by atoms with Crippen molar-refractivity contribution in [3.8, 4) is 0 Å². The molecule has 0 aromatic carbocycles. The predicted octanol–water partition coefficient (Wildman–Crippen LogP) is 2.27. The van der Waals surface area contributed by atoms with E-state index in [9.17, 15) is 15.0 Å². The highest BCUT2D eigenvalue weighted by atomic mass is 16.6. The molecule has 0 aliphatic heterocycles. The van der Waals surface area contributed by atoms with E-state index in [-0.39, 0.29) is 35.9 Å². The van der Waals surface area contributed by atoms with Gasteiger partial charge in [-0.3, -0.25) is 4.79 Å². The molecule has 4 saturated carbocycles. The van der Waals surface area contributed by atoms with Gasteiger partial charge in [-0.1, -0.05) is 13.8 Å². The molecule has 0 saturated heterocycles. The molecule has 3 atom stereocenters. The SMILES string of the molecule is CCC(C)C(=O)OC12CC3CC(CO)(CC(CO)(C3)C1)C2. The Kier molecular flexibility index (Phi) is 3.61. The van der Waals surface area contributed by atoms with Crippen LogP contribution < -0.4 is 0 Å². The highest BCUT2D eigenvalue weighted by Crippen LogP contribution is 2.67. The third-order valence-corrected chi connectivity index (χ3v) is 6.25. The molecule has 0 radical (unpaired) electrons. The van der Waals surface area contributed by atoms with E-state index in [0.717, 1.165) is 44.9 Å². The molecule has 3 unspecified atom stereocenters. The summed E-state index contributed by atoms with van der Waals surface area (Å²) in [5, 5.41) is 19.8. The van der Waals surface area contributed by atoms with Crippen LogP contribution in [0.25, 0.3) is 0 Å². The summed E-state index contributed by atoms with van der Waals surface area (Å²) in [6.45, 7) is 4.20. The van der Waals surface area contributed by atoms with Gasteiger partial charge in [0.2, 0.25) is 0 Å². The first-order chi connectivity index (χ1) is 9.89. The predicted molar refractivity (Wildman–Crippen MR) is 78.5 cm³/mol. The van der Waals surface area contributed by atoms with E-state index in [1.54, 1.807) is 0 Å². The van der Waals surface area contributed by atoms with Crippen LogP contribution in [0.3, 0.4) is 0 Å². The van der Waals surface area contributed by atoms with Crippen molar-refractivity contribution in [3.05, 3.63) is 0 Å². The summed E-state index contributed by atoms with van der Waals surface area (Å²) in [6, 6.07) is 0. The molecule has 4 aliphatic carbocycles. The van der Waals surface area contributed by atoms with Crippen LogP contribution in [0.2, 0.25) is 0 Å². The molecule has 0 amide bonds. The van der Waals surface area contributed by atoms with Gasteiger partial charge in [0.1, 0.15) is 5.60 Å². The number of hydrogen-bond acceptors (Lipinski definition) is 4. The van der Waals surface area contributed by atoms with Crippen molar-refractivity contribution in [2.75, 3.05) is 13.2 Å². The van der Waals surface area contributed by atoms with E-state index in [4.69, 9.17) is 4.74 Å². The van der Waals surface area contributed by atoms with E-state index in [0.29, 0.717) is 5.92 Å². The summed E-state index contributed by atoms with van der Waals surface area (Å²) in [5.41, 5.74) is -0.721. The van der Waals surface area contributed by atoms with Gasteiger partial charge in [-0.2, -0.15) is 0 Å². The summed E-state index contributed by atoms with van der Waals surface area (Å²) in [5.74, 6) is 0.291. The molecule has 4 heteroatoms. The number of hydrogen-bond donors (Lipinski definition) is 2. The quantitative estimate of drug-likeness (QED) is 0.764. The highest BCUT2D eigenvalue weighted by molar-refractivity contribution is 5.72. The third kappa shape index (κ3) is 2.40. The Morgan fingerprint density at radius 3 is 2.19 bits per heavy atom. The molecule has 2 N–H and O–H groups in total. The van der Waals surface area contributed by atoms with Crippen molar-refractivity contribution in [3.63, 3.8) is 0 Å². The maximum atomic E-state index is 12.3. The Hall–Kier alpha value is -0.610. The molecule has 4 rings (SSSR count). The molecule has 4 aliphatic rings. The van der Waals surface area contributed by atoms with Crippen LogP contribution in [0.15, 0.2) is 0 Å². The first-order valence-electron chi connectivity index (χ1n) is 8.34. The Morgan fingerprint density at radius 2 is 1.71 bits per heavy atom. The molecule has 0 heterocycles. The fraction of sp³-hybridized carbons (Fsp3) is 0.941. The highest BCUT2D eigenvalue weighted by Gasteiger charge is 2.64. The van der Waals surface area contributed by atoms with Crippen molar-refractivity contribution in [2.24, 2.45) is 22.7 Å². The van der Waals surface area contributed by atoms with Crippen LogP contribution in [0.5, 0.6) is 0 Å². The Labute approximate surface area is 126 Å². The van der Waals surface area contributed by atoms with Gasteiger partial charge in [0, 0.05) is 13.2 Å². The maximum Gasteiger partial charge on any atom is 0.309 e. The molecular weight excluding hydrogens is 268 g/mol. The number of aliphatic hydroxyl groups excluding tert-OH is 2. The minimum atomic E-state index is -0.439. The first kappa shape index (κ1) is 15.3. The van der Waals surface area contributed by atoms with Crippen LogP contribution in [-0.2, 0) is 9.53 Å². The summed E-state index contributed by atoms with van der Waals surface area (Å²) < 4.78 is 6.00. The number of rotatable bonds is 5. The number of carbonyl (C=O) groups excluding carboxylic acids is 1. The molecule has 4 fully saturated rings. The zero-order valence-corrected chi connectivity index (χ0v) is 13.2. The van der Waals surface area contributed by atoms with Gasteiger partial charge < -0.3 is 14.9 Å². The van der Waals surface area contributed by atoms with Crippen molar-refractivity contribution in [1.29, 1.82) is 0 Å². The second-order valence-electron chi connectivity index (χ2n) is 8.24. The van der Waals surface area contributed by atoms with E-state index < -0.39 is 5.60 Å². The lowest BCUT2D eigenvalue weighted by atomic mass is 9.43. The van der Waals surface area contributed by atoms with E-state index in [2.05, 4.69) is 0 Å². The largest absolute Gasteiger partial charge is 0.459 e. The van der Waals surface area contributed by atoms with Crippen LogP contribution >= 0.6 is 0 Å². The molecular formula is C17H28O4. The molecule has 0 spiro atoms. The van der Waals surface area contributed by atoms with Gasteiger partial charge in [0.15, 0.2) is 0 Å². The normalized spacial score (nSPS) is 45.6. The smallest absolute Gasteiger partial charge is 0.309 e. The molecule has 4 nitrogen and oxygen atoms in total. The summed E-state index contributed by atoms with van der Waals surface area (Å²) >= 11 is 0. The van der Waals surface area contributed by atoms with E-state index >= 15 is 0 Å². The molecule has 4 bridgehead atoms. The average Bonchev–Trinajstić information content (AvgIpc) is 2.44. The Balaban J connectivity index is 1.87. The van der Waals surface area contributed by atoms with E-state index in [1.807, 2.05) is 13.8 Å². The zero-order chi connectivity index (χ0) is 15.3.